The number of esters is 1. The van der Waals surface area contributed by atoms with Gasteiger partial charge >= 0.3 is 5.97 Å². The van der Waals surface area contributed by atoms with Crippen LogP contribution in [0, 0.1) is 5.92 Å². The minimum atomic E-state index is -0.707. The molecule has 2 rings (SSSR count). The van der Waals surface area contributed by atoms with Gasteiger partial charge in [-0.3, -0.25) is 19.3 Å². The first kappa shape index (κ1) is 21.6. The molecule has 1 N–H and O–H groups in total. The second kappa shape index (κ2) is 9.48. The van der Waals surface area contributed by atoms with E-state index < -0.39 is 18.5 Å². The summed E-state index contributed by atoms with van der Waals surface area (Å²) in [6.45, 7) is 7.90. The molecule has 1 heterocycles. The number of nitrogens with one attached hydrogen (secondary N) is 1. The van der Waals surface area contributed by atoms with Crippen molar-refractivity contribution < 1.29 is 23.9 Å². The van der Waals surface area contributed by atoms with Crippen molar-refractivity contribution in [3.05, 3.63) is 34.9 Å². The Morgan fingerprint density at radius 1 is 1.07 bits per heavy atom. The van der Waals surface area contributed by atoms with Gasteiger partial charge in [-0.2, -0.15) is 0 Å². The first-order chi connectivity index (χ1) is 13.2. The summed E-state index contributed by atoms with van der Waals surface area (Å²) in [6.07, 6.45) is 2.50. The van der Waals surface area contributed by atoms with Crippen LogP contribution in [0.1, 0.15) is 78.0 Å². The van der Waals surface area contributed by atoms with Crippen LogP contribution < -0.4 is 5.32 Å². The number of fused-ring (bicyclic) bond motifs is 1. The van der Waals surface area contributed by atoms with Crippen molar-refractivity contribution in [2.75, 3.05) is 13.2 Å². The van der Waals surface area contributed by atoms with E-state index in [0.717, 1.165) is 12.8 Å². The highest BCUT2D eigenvalue weighted by molar-refractivity contribution is 6.21. The number of ether oxygens (including phenoxy) is 1. The minimum absolute atomic E-state index is 0.0108. The maximum atomic E-state index is 12.5. The molecule has 28 heavy (non-hydrogen) atoms. The summed E-state index contributed by atoms with van der Waals surface area (Å²) in [6, 6.07) is 4.28. The van der Waals surface area contributed by atoms with Crippen molar-refractivity contribution in [1.82, 2.24) is 10.2 Å². The van der Waals surface area contributed by atoms with Gasteiger partial charge in [-0.05, 0) is 43.9 Å². The third-order valence-electron chi connectivity index (χ3n) is 4.60. The summed E-state index contributed by atoms with van der Waals surface area (Å²) in [5, 5.41) is 2.75. The first-order valence-electron chi connectivity index (χ1n) is 9.71. The van der Waals surface area contributed by atoms with Gasteiger partial charge in [0.1, 0.15) is 0 Å². The van der Waals surface area contributed by atoms with Crippen LogP contribution >= 0.6 is 0 Å². The SMILES string of the molecule is CCC[C@@H](C)NC(=O)COC(=O)c1ccc2c(c1)C(=O)N(CCC(C)C)C2=O. The Balaban J connectivity index is 2.00. The average molecular weight is 388 g/mol. The molecule has 1 atom stereocenters. The van der Waals surface area contributed by atoms with Crippen molar-refractivity contribution >= 4 is 23.7 Å². The number of hydrogen-bond donors (Lipinski definition) is 1. The molecule has 0 spiro atoms. The Bertz CT molecular complexity index is 772. The van der Waals surface area contributed by atoms with E-state index in [1.54, 1.807) is 0 Å². The fourth-order valence-electron chi connectivity index (χ4n) is 3.04. The molecule has 7 heteroatoms. The molecule has 0 aromatic heterocycles. The number of nitrogens with zero attached hydrogens (tertiary/aromatic N) is 1. The normalized spacial score (nSPS) is 14.2. The summed E-state index contributed by atoms with van der Waals surface area (Å²) in [7, 11) is 0. The summed E-state index contributed by atoms with van der Waals surface area (Å²) in [4.78, 5) is 50.2. The van der Waals surface area contributed by atoms with E-state index in [1.165, 1.54) is 23.1 Å². The van der Waals surface area contributed by atoms with E-state index in [4.69, 9.17) is 4.74 Å². The zero-order valence-electron chi connectivity index (χ0n) is 16.9. The Morgan fingerprint density at radius 2 is 1.75 bits per heavy atom. The molecule has 0 saturated carbocycles. The molecule has 1 aliphatic rings. The van der Waals surface area contributed by atoms with Gasteiger partial charge in [0.2, 0.25) is 0 Å². The smallest absolute Gasteiger partial charge is 0.338 e. The van der Waals surface area contributed by atoms with Crippen LogP contribution in [0.15, 0.2) is 18.2 Å². The number of imide groups is 1. The van der Waals surface area contributed by atoms with Crippen LogP contribution in [0.2, 0.25) is 0 Å². The highest BCUT2D eigenvalue weighted by Gasteiger charge is 2.35. The number of amides is 3. The van der Waals surface area contributed by atoms with E-state index in [0.29, 0.717) is 18.9 Å². The predicted molar refractivity (Wildman–Crippen MR) is 104 cm³/mol. The van der Waals surface area contributed by atoms with Gasteiger partial charge in [-0.1, -0.05) is 27.2 Å². The third-order valence-corrected chi connectivity index (χ3v) is 4.60. The highest BCUT2D eigenvalue weighted by atomic mass is 16.5. The molecule has 0 saturated heterocycles. The number of benzene rings is 1. The van der Waals surface area contributed by atoms with Gasteiger partial charge < -0.3 is 10.1 Å². The molecule has 0 radical (unpaired) electrons. The maximum absolute atomic E-state index is 12.5. The lowest BCUT2D eigenvalue weighted by atomic mass is 10.1. The Morgan fingerprint density at radius 3 is 2.39 bits per heavy atom. The van der Waals surface area contributed by atoms with Gasteiger partial charge in [0.15, 0.2) is 6.61 Å². The van der Waals surface area contributed by atoms with E-state index in [9.17, 15) is 19.2 Å². The molecule has 3 amide bonds. The molecular weight excluding hydrogens is 360 g/mol. The van der Waals surface area contributed by atoms with Crippen LogP contribution in [0.3, 0.4) is 0 Å². The molecule has 1 aromatic rings. The van der Waals surface area contributed by atoms with Crippen molar-refractivity contribution in [3.8, 4) is 0 Å². The van der Waals surface area contributed by atoms with Crippen molar-refractivity contribution in [2.45, 2.75) is 53.0 Å². The fraction of sp³-hybridized carbons (Fsp3) is 0.524. The second-order valence-electron chi connectivity index (χ2n) is 7.54. The largest absolute Gasteiger partial charge is 0.452 e. The molecule has 1 aliphatic heterocycles. The molecule has 1 aromatic carbocycles. The fourth-order valence-corrected chi connectivity index (χ4v) is 3.04. The lowest BCUT2D eigenvalue weighted by Gasteiger charge is -2.14. The van der Waals surface area contributed by atoms with Crippen LogP contribution in [0.5, 0.6) is 0 Å². The minimum Gasteiger partial charge on any atom is -0.452 e. The van der Waals surface area contributed by atoms with Gasteiger partial charge in [-0.25, -0.2) is 4.79 Å². The number of hydrogen-bond acceptors (Lipinski definition) is 5. The molecule has 152 valence electrons. The van der Waals surface area contributed by atoms with Crippen LogP contribution in [-0.2, 0) is 9.53 Å². The van der Waals surface area contributed by atoms with Gasteiger partial charge in [0.05, 0.1) is 16.7 Å². The molecule has 7 nitrogen and oxygen atoms in total. The topological polar surface area (TPSA) is 92.8 Å². The number of rotatable bonds is 9. The van der Waals surface area contributed by atoms with Crippen molar-refractivity contribution in [3.63, 3.8) is 0 Å². The molecule has 0 bridgehead atoms. The lowest BCUT2D eigenvalue weighted by molar-refractivity contribution is -0.124. The average Bonchev–Trinajstić information content (AvgIpc) is 2.88. The lowest BCUT2D eigenvalue weighted by Crippen LogP contribution is -2.35. The summed E-state index contributed by atoms with van der Waals surface area (Å²) in [5.74, 6) is -1.46. The quantitative estimate of drug-likeness (QED) is 0.519. The highest BCUT2D eigenvalue weighted by Crippen LogP contribution is 2.25. The van der Waals surface area contributed by atoms with E-state index in [2.05, 4.69) is 5.32 Å². The monoisotopic (exact) mass is 388 g/mol. The zero-order chi connectivity index (χ0) is 20.8. The molecule has 0 aliphatic carbocycles. The van der Waals surface area contributed by atoms with Crippen LogP contribution in [-0.4, -0.2) is 47.8 Å². The van der Waals surface area contributed by atoms with Gasteiger partial charge in [-0.15, -0.1) is 0 Å². The summed E-state index contributed by atoms with van der Waals surface area (Å²) in [5.41, 5.74) is 0.626. The standard InChI is InChI=1S/C21H28N2O5/c1-5-6-14(4)22-18(24)12-28-21(27)15-7-8-16-17(11-15)20(26)23(19(16)25)10-9-13(2)3/h7-8,11,13-14H,5-6,9-10,12H2,1-4H3,(H,22,24)/t14-/m1/s1. The number of carbonyl (C=O) groups is 4. The molecule has 0 fully saturated rings. The van der Waals surface area contributed by atoms with Crippen molar-refractivity contribution in [2.24, 2.45) is 5.92 Å². The summed E-state index contributed by atoms with van der Waals surface area (Å²) >= 11 is 0. The van der Waals surface area contributed by atoms with Crippen molar-refractivity contribution in [1.29, 1.82) is 0 Å². The summed E-state index contributed by atoms with van der Waals surface area (Å²) < 4.78 is 5.04. The Kier molecular flexibility index (Phi) is 7.31. The van der Waals surface area contributed by atoms with Gasteiger partial charge in [0.25, 0.3) is 17.7 Å². The Hall–Kier alpha value is -2.70. The van der Waals surface area contributed by atoms with E-state index in [1.807, 2.05) is 27.7 Å². The van der Waals surface area contributed by atoms with Gasteiger partial charge in [0, 0.05) is 12.6 Å². The maximum Gasteiger partial charge on any atom is 0.338 e. The Labute approximate surface area is 165 Å². The van der Waals surface area contributed by atoms with Crippen LogP contribution in [0.4, 0.5) is 0 Å². The van der Waals surface area contributed by atoms with E-state index in [-0.39, 0.29) is 34.5 Å². The zero-order valence-corrected chi connectivity index (χ0v) is 16.9. The van der Waals surface area contributed by atoms with E-state index >= 15 is 0 Å². The molecular formula is C21H28N2O5. The second-order valence-corrected chi connectivity index (χ2v) is 7.54. The number of carbonyl (C=O) groups excluding carboxylic acids is 4. The van der Waals surface area contributed by atoms with Crippen LogP contribution in [0.25, 0.3) is 0 Å². The third kappa shape index (κ3) is 5.18. The predicted octanol–water partition coefficient (Wildman–Crippen LogP) is 2.79. The first-order valence-corrected chi connectivity index (χ1v) is 9.71. The molecule has 0 unspecified atom stereocenters.